The fourth-order valence-electron chi connectivity index (χ4n) is 5.78. The number of benzene rings is 1. The summed E-state index contributed by atoms with van der Waals surface area (Å²) in [5, 5.41) is 5.38. The van der Waals surface area contributed by atoms with Gasteiger partial charge in [0, 0.05) is 62.5 Å². The lowest BCUT2D eigenvalue weighted by atomic mass is 10.1. The van der Waals surface area contributed by atoms with Crippen LogP contribution in [0.5, 0.6) is 5.75 Å². The highest BCUT2D eigenvalue weighted by molar-refractivity contribution is 7.14. The number of piperidine rings is 1. The van der Waals surface area contributed by atoms with Crippen LogP contribution in [-0.2, 0) is 11.3 Å². The molecule has 0 bridgehead atoms. The summed E-state index contributed by atoms with van der Waals surface area (Å²) < 4.78 is 46.7. The Morgan fingerprint density at radius 3 is 2.61 bits per heavy atom. The van der Waals surface area contributed by atoms with Crippen LogP contribution in [0.1, 0.15) is 53.5 Å². The Hall–Kier alpha value is -4.39. The number of anilines is 2. The van der Waals surface area contributed by atoms with Gasteiger partial charge in [-0.1, -0.05) is 0 Å². The van der Waals surface area contributed by atoms with E-state index in [9.17, 15) is 22.8 Å². The third-order valence-corrected chi connectivity index (χ3v) is 8.73. The minimum absolute atomic E-state index is 0.0609. The van der Waals surface area contributed by atoms with Crippen molar-refractivity contribution in [2.45, 2.75) is 50.8 Å². The fourth-order valence-corrected chi connectivity index (χ4v) is 6.53. The van der Waals surface area contributed by atoms with Gasteiger partial charge >= 0.3 is 6.43 Å². The van der Waals surface area contributed by atoms with E-state index in [-0.39, 0.29) is 31.1 Å². The molecule has 1 atom stereocenters. The first-order valence-electron chi connectivity index (χ1n) is 14.5. The van der Waals surface area contributed by atoms with E-state index in [1.807, 2.05) is 29.6 Å². The van der Waals surface area contributed by atoms with Gasteiger partial charge in [0.15, 0.2) is 5.13 Å². The molecule has 3 aromatic heterocycles. The Bertz CT molecular complexity index is 1600. The second-order valence-electron chi connectivity index (χ2n) is 10.8. The smallest absolute Gasteiger partial charge is 0.315 e. The maximum absolute atomic E-state index is 13.5. The zero-order valence-corrected chi connectivity index (χ0v) is 24.6. The van der Waals surface area contributed by atoms with Gasteiger partial charge in [0.05, 0.1) is 11.7 Å². The van der Waals surface area contributed by atoms with Crippen molar-refractivity contribution >= 4 is 34.0 Å². The first-order chi connectivity index (χ1) is 21.3. The number of rotatable bonds is 9. The number of thiazole rings is 1. The molecule has 2 aliphatic rings. The van der Waals surface area contributed by atoms with Crippen LogP contribution >= 0.6 is 11.3 Å². The van der Waals surface area contributed by atoms with Crippen molar-refractivity contribution in [1.82, 2.24) is 19.4 Å². The second kappa shape index (κ2) is 13.1. The number of likely N-dealkylation sites (tertiary alicyclic amines) is 1. The monoisotopic (exact) mass is 624 g/mol. The number of alkyl halides is 2. The molecule has 0 radical (unpaired) electrons. The average Bonchev–Trinajstić information content (AvgIpc) is 3.79. The molecule has 2 saturated heterocycles. The van der Waals surface area contributed by atoms with Crippen molar-refractivity contribution in [1.29, 1.82) is 0 Å². The summed E-state index contributed by atoms with van der Waals surface area (Å²) in [6, 6.07) is 14.4. The van der Waals surface area contributed by atoms with Crippen molar-refractivity contribution in [3.63, 3.8) is 0 Å². The van der Waals surface area contributed by atoms with Crippen LogP contribution in [0.2, 0.25) is 0 Å². The molecule has 0 aliphatic carbocycles. The number of nitrogens with one attached hydrogen (secondary N) is 1. The van der Waals surface area contributed by atoms with Gasteiger partial charge in [-0.3, -0.25) is 14.9 Å². The van der Waals surface area contributed by atoms with Crippen LogP contribution < -0.4 is 15.0 Å². The van der Waals surface area contributed by atoms with E-state index in [0.29, 0.717) is 41.5 Å². The molecule has 2 fully saturated rings. The lowest BCUT2D eigenvalue weighted by molar-refractivity contribution is -0.144. The lowest BCUT2D eigenvalue weighted by Gasteiger charge is -2.32. The molecule has 1 unspecified atom stereocenters. The zero-order chi connectivity index (χ0) is 30.6. The topological polar surface area (TPSA) is 92.6 Å². The van der Waals surface area contributed by atoms with Gasteiger partial charge in [-0.2, -0.15) is 13.2 Å². The third kappa shape index (κ3) is 6.72. The van der Waals surface area contributed by atoms with Crippen molar-refractivity contribution < 1.29 is 27.5 Å². The Labute approximate surface area is 256 Å². The number of ether oxygens (including phenoxy) is 1. The van der Waals surface area contributed by atoms with E-state index < -0.39 is 18.3 Å². The van der Waals surface area contributed by atoms with E-state index in [2.05, 4.69) is 15.2 Å². The molecule has 0 saturated carbocycles. The number of amides is 2. The largest absolute Gasteiger partial charge is 0.490 e. The number of carbonyl (C=O) groups is 2. The van der Waals surface area contributed by atoms with E-state index in [0.717, 1.165) is 30.8 Å². The number of carbonyl (C=O) groups excluding carboxylic acids is 2. The van der Waals surface area contributed by atoms with Gasteiger partial charge in [0.25, 0.3) is 11.8 Å². The highest BCUT2D eigenvalue weighted by Crippen LogP contribution is 2.38. The molecule has 1 N–H and O–H groups in total. The minimum atomic E-state index is -2.97. The lowest BCUT2D eigenvalue weighted by Crippen LogP contribution is -2.44. The molecule has 9 nitrogen and oxygen atoms in total. The van der Waals surface area contributed by atoms with E-state index >= 15 is 0 Å². The second-order valence-corrected chi connectivity index (χ2v) is 11.7. The van der Waals surface area contributed by atoms with Crippen LogP contribution in [0.25, 0.3) is 0 Å². The number of nitrogens with zero attached hydrogens (tertiary/aromatic N) is 5. The minimum Gasteiger partial charge on any atom is -0.490 e. The van der Waals surface area contributed by atoms with Crippen molar-refractivity contribution in [2.75, 3.05) is 29.9 Å². The molecule has 6 rings (SSSR count). The summed E-state index contributed by atoms with van der Waals surface area (Å²) in [6.07, 6.45) is 3.01. The number of pyridine rings is 1. The fraction of sp³-hybridized carbons (Fsp3) is 0.355. The van der Waals surface area contributed by atoms with Crippen LogP contribution in [0.4, 0.5) is 24.0 Å². The summed E-state index contributed by atoms with van der Waals surface area (Å²) >= 11 is 1.37. The number of hydrogen-bond acceptors (Lipinski definition) is 7. The van der Waals surface area contributed by atoms with Crippen LogP contribution in [0, 0.1) is 5.95 Å². The summed E-state index contributed by atoms with van der Waals surface area (Å²) in [7, 11) is 0. The molecular weight excluding hydrogens is 593 g/mol. The van der Waals surface area contributed by atoms with Crippen LogP contribution in [-0.4, -0.2) is 63.4 Å². The summed E-state index contributed by atoms with van der Waals surface area (Å²) in [5.74, 6) is -1.28. The Kier molecular flexibility index (Phi) is 8.82. The molecule has 0 spiro atoms. The average molecular weight is 625 g/mol. The van der Waals surface area contributed by atoms with Gasteiger partial charge in [-0.15, -0.1) is 11.3 Å². The molecule has 44 heavy (non-hydrogen) atoms. The SMILES string of the molecule is O=C(Nc1nc(C2CCCN2c2ccc(OC3CCN(C(=O)C(F)F)CC3)cc2)cs1)c1cccn1Cc1ccnc(F)c1. The van der Waals surface area contributed by atoms with E-state index in [4.69, 9.17) is 9.72 Å². The van der Waals surface area contributed by atoms with Gasteiger partial charge in [-0.25, -0.2) is 9.97 Å². The van der Waals surface area contributed by atoms with Gasteiger partial charge in [0.1, 0.15) is 17.5 Å². The molecule has 1 aromatic carbocycles. The molecule has 2 amide bonds. The first-order valence-corrected chi connectivity index (χ1v) is 15.3. The van der Waals surface area contributed by atoms with E-state index in [1.54, 1.807) is 29.0 Å². The summed E-state index contributed by atoms with van der Waals surface area (Å²) in [5.41, 5.74) is 3.05. The third-order valence-electron chi connectivity index (χ3n) is 7.95. The normalized spacial score (nSPS) is 17.3. The Balaban J connectivity index is 1.05. The molecule has 4 aromatic rings. The number of aromatic nitrogens is 3. The van der Waals surface area contributed by atoms with Crippen molar-refractivity contribution in [3.8, 4) is 5.75 Å². The number of hydrogen-bond donors (Lipinski definition) is 1. The van der Waals surface area contributed by atoms with Gasteiger partial charge in [-0.05, 0) is 66.9 Å². The first kappa shape index (κ1) is 29.7. The highest BCUT2D eigenvalue weighted by Gasteiger charge is 2.30. The summed E-state index contributed by atoms with van der Waals surface area (Å²) in [4.78, 5) is 36.4. The Morgan fingerprint density at radius 1 is 1.07 bits per heavy atom. The van der Waals surface area contributed by atoms with Crippen LogP contribution in [0.15, 0.2) is 66.3 Å². The van der Waals surface area contributed by atoms with Crippen molar-refractivity contribution in [2.24, 2.45) is 0 Å². The maximum Gasteiger partial charge on any atom is 0.315 e. The predicted molar refractivity (Wildman–Crippen MR) is 160 cm³/mol. The van der Waals surface area contributed by atoms with Gasteiger partial charge in [0.2, 0.25) is 5.95 Å². The Morgan fingerprint density at radius 2 is 1.86 bits per heavy atom. The number of halogens is 3. The predicted octanol–water partition coefficient (Wildman–Crippen LogP) is 5.76. The molecule has 230 valence electrons. The van der Waals surface area contributed by atoms with Crippen LogP contribution in [0.3, 0.4) is 0 Å². The standard InChI is InChI=1S/C31H31F3N6O3S/c32-27-17-20(9-12-35-27)18-39-13-1-4-26(39)29(41)37-31-36-24(19-44-31)25-3-2-14-40(25)21-5-7-22(8-6-21)43-23-10-15-38(16-11-23)30(42)28(33)34/h1,4-9,12-13,17,19,23,25,28H,2-3,10-11,14-16,18H2,(H,36,37,41). The zero-order valence-electron chi connectivity index (χ0n) is 23.7. The maximum atomic E-state index is 13.5. The quantitative estimate of drug-likeness (QED) is 0.238. The molecular formula is C31H31F3N6O3S. The summed E-state index contributed by atoms with van der Waals surface area (Å²) in [6.45, 7) is 1.72. The molecule has 5 heterocycles. The van der Waals surface area contributed by atoms with E-state index in [1.165, 1.54) is 28.5 Å². The highest BCUT2D eigenvalue weighted by atomic mass is 32.1. The van der Waals surface area contributed by atoms with Gasteiger partial charge < -0.3 is 19.1 Å². The van der Waals surface area contributed by atoms with Crippen molar-refractivity contribution in [3.05, 3.63) is 89.2 Å². The molecule has 13 heteroatoms. The molecule has 2 aliphatic heterocycles.